The van der Waals surface area contributed by atoms with Crippen LogP contribution in [0.5, 0.6) is 5.75 Å². The number of methoxy groups -OCH3 is 1. The number of rotatable bonds is 8. The molecule has 3 amide bonds. The summed E-state index contributed by atoms with van der Waals surface area (Å²) in [7, 11) is 1.57. The number of anilines is 1. The van der Waals surface area contributed by atoms with E-state index in [-0.39, 0.29) is 44.5 Å². The van der Waals surface area contributed by atoms with Crippen molar-refractivity contribution in [1.29, 1.82) is 0 Å². The van der Waals surface area contributed by atoms with E-state index in [2.05, 4.69) is 5.32 Å². The van der Waals surface area contributed by atoms with Crippen molar-refractivity contribution in [3.05, 3.63) is 84.5 Å². The molecule has 47 heavy (non-hydrogen) atoms. The van der Waals surface area contributed by atoms with Gasteiger partial charge in [-0.15, -0.1) is 0 Å². The predicted molar refractivity (Wildman–Crippen MR) is 172 cm³/mol. The highest BCUT2D eigenvalue weighted by molar-refractivity contribution is 6.05. The van der Waals surface area contributed by atoms with Crippen LogP contribution in [0.4, 0.5) is 5.69 Å². The smallest absolute Gasteiger partial charge is 0.306 e. The van der Waals surface area contributed by atoms with Crippen molar-refractivity contribution in [1.82, 2.24) is 10.2 Å². The van der Waals surface area contributed by atoms with Gasteiger partial charge in [-0.2, -0.15) is 0 Å². The Balaban J connectivity index is 1.40. The van der Waals surface area contributed by atoms with E-state index in [1.807, 2.05) is 42.5 Å². The predicted octanol–water partition coefficient (Wildman–Crippen LogP) is 3.09. The maximum atomic E-state index is 14.8. The van der Waals surface area contributed by atoms with Crippen molar-refractivity contribution < 1.29 is 38.5 Å². The summed E-state index contributed by atoms with van der Waals surface area (Å²) in [5.74, 6) is -2.65. The number of ether oxygens (including phenoxy) is 3. The number of aliphatic hydroxyl groups is 1. The Bertz CT molecular complexity index is 1530. The highest BCUT2D eigenvalue weighted by Gasteiger charge is 2.73. The molecule has 11 heteroatoms. The minimum Gasteiger partial charge on any atom is -0.497 e. The van der Waals surface area contributed by atoms with Gasteiger partial charge in [-0.3, -0.25) is 19.2 Å². The molecule has 1 spiro atoms. The minimum atomic E-state index is -1.34. The summed E-state index contributed by atoms with van der Waals surface area (Å²) >= 11 is 0. The minimum absolute atomic E-state index is 0.0358. The van der Waals surface area contributed by atoms with E-state index in [1.54, 1.807) is 53.3 Å². The summed E-state index contributed by atoms with van der Waals surface area (Å²) in [6, 6.07) is 14.7. The largest absolute Gasteiger partial charge is 0.497 e. The van der Waals surface area contributed by atoms with Crippen LogP contribution in [0.15, 0.2) is 78.9 Å². The number of nitrogens with one attached hydrogen (secondary N) is 1. The first-order chi connectivity index (χ1) is 22.9. The molecule has 2 fully saturated rings. The normalized spacial score (nSPS) is 29.9. The Morgan fingerprint density at radius 2 is 1.77 bits per heavy atom. The van der Waals surface area contributed by atoms with Gasteiger partial charge in [0, 0.05) is 31.8 Å². The number of nitrogens with zero attached hydrogens (tertiary/aromatic N) is 2. The molecule has 6 rings (SSSR count). The van der Waals surface area contributed by atoms with Gasteiger partial charge < -0.3 is 34.4 Å². The summed E-state index contributed by atoms with van der Waals surface area (Å²) in [5.41, 5.74) is 0.0172. The van der Waals surface area contributed by atoms with E-state index >= 15 is 0 Å². The van der Waals surface area contributed by atoms with Crippen LogP contribution in [0, 0.1) is 11.8 Å². The number of carbonyl (C=O) groups excluding carboxylic acids is 4. The van der Waals surface area contributed by atoms with Crippen molar-refractivity contribution in [2.24, 2.45) is 11.8 Å². The van der Waals surface area contributed by atoms with Gasteiger partial charge in [0.05, 0.1) is 31.1 Å². The fraction of sp³-hybridized carbons (Fsp3) is 0.444. The van der Waals surface area contributed by atoms with Gasteiger partial charge in [-0.05, 0) is 55.5 Å². The number of cyclic esters (lactones) is 1. The van der Waals surface area contributed by atoms with E-state index in [0.717, 1.165) is 5.56 Å². The zero-order chi connectivity index (χ0) is 33.0. The molecule has 2 aromatic rings. The summed E-state index contributed by atoms with van der Waals surface area (Å²) in [4.78, 5) is 59.3. The van der Waals surface area contributed by atoms with Crippen LogP contribution in [-0.2, 0) is 28.7 Å². The SMILES string of the molecule is COc1ccc(N2C/C=C\CCC(=O)OC[C@H](c3ccccc3)NC(=O)[C@@H]3[C@H]4C(=O)N(CCCCCO)[C@H](C2=O)[C@]42C=C[C@H]3O2)cc1. The Labute approximate surface area is 274 Å². The summed E-state index contributed by atoms with van der Waals surface area (Å²) in [6.07, 6.45) is 8.89. The molecular weight excluding hydrogens is 602 g/mol. The fourth-order valence-electron chi connectivity index (χ4n) is 7.21. The van der Waals surface area contributed by atoms with Crippen LogP contribution in [0.1, 0.15) is 43.7 Å². The summed E-state index contributed by atoms with van der Waals surface area (Å²) in [5, 5.41) is 12.4. The van der Waals surface area contributed by atoms with Gasteiger partial charge in [0.15, 0.2) is 0 Å². The molecular formula is C36H41N3O8. The lowest BCUT2D eigenvalue weighted by Gasteiger charge is -2.36. The van der Waals surface area contributed by atoms with Gasteiger partial charge in [0.2, 0.25) is 11.8 Å². The number of hydrogen-bond donors (Lipinski definition) is 2. The zero-order valence-corrected chi connectivity index (χ0v) is 26.5. The maximum Gasteiger partial charge on any atom is 0.306 e. The average molecular weight is 644 g/mol. The molecule has 2 saturated heterocycles. The number of esters is 1. The maximum absolute atomic E-state index is 14.8. The van der Waals surface area contributed by atoms with E-state index < -0.39 is 47.5 Å². The highest BCUT2D eigenvalue weighted by Crippen LogP contribution is 2.55. The molecule has 11 nitrogen and oxygen atoms in total. The first-order valence-electron chi connectivity index (χ1n) is 16.3. The molecule has 2 aromatic carbocycles. The second kappa shape index (κ2) is 14.1. The molecule has 0 radical (unpaired) electrons. The number of fused-ring (bicyclic) bond motifs is 2. The van der Waals surface area contributed by atoms with Crippen LogP contribution in [-0.4, -0.2) is 84.9 Å². The Morgan fingerprint density at radius 1 is 0.979 bits per heavy atom. The monoisotopic (exact) mass is 643 g/mol. The molecule has 0 aliphatic carbocycles. The summed E-state index contributed by atoms with van der Waals surface area (Å²) in [6.45, 7) is 0.420. The molecule has 4 heterocycles. The molecule has 2 N–H and O–H groups in total. The van der Waals surface area contributed by atoms with E-state index in [4.69, 9.17) is 14.2 Å². The molecule has 248 valence electrons. The number of aliphatic hydroxyl groups excluding tert-OH is 1. The number of benzene rings is 2. The van der Waals surface area contributed by atoms with Crippen LogP contribution in [0.25, 0.3) is 0 Å². The highest BCUT2D eigenvalue weighted by atomic mass is 16.5. The third-order valence-corrected chi connectivity index (χ3v) is 9.52. The fourth-order valence-corrected chi connectivity index (χ4v) is 7.21. The Hall–Kier alpha value is -4.48. The topological polar surface area (TPSA) is 135 Å². The van der Waals surface area contributed by atoms with Gasteiger partial charge in [0.1, 0.15) is 24.0 Å². The van der Waals surface area contributed by atoms with Crippen LogP contribution in [0.2, 0.25) is 0 Å². The number of allylic oxidation sites excluding steroid dienone is 1. The van der Waals surface area contributed by atoms with Crippen molar-refractivity contribution in [3.8, 4) is 5.75 Å². The standard InChI is InChI=1S/C36H41N3O8/c1-45-26-16-14-25(15-17-26)38-20-8-3-7-13-29(41)46-23-27(24-11-5-2-6-12-24)37-33(42)30-28-18-19-36(47-28)31(30)34(43)39(32(36)35(38)44)21-9-4-10-22-40/h2-3,5-6,8,11-12,14-19,27-28,30-32,40H,4,7,9-10,13,20-23H2,1H3,(H,37,42)/b8-3-/t27-,28-,30+,31+,32-,36+/m1/s1. The molecule has 6 atom stereocenters. The number of unbranched alkanes of at least 4 members (excludes halogenated alkanes) is 2. The van der Waals surface area contributed by atoms with Gasteiger partial charge in [-0.1, -0.05) is 54.6 Å². The lowest BCUT2D eigenvalue weighted by molar-refractivity contribution is -0.145. The first kappa shape index (κ1) is 32.5. The number of carbonyl (C=O) groups is 4. The molecule has 4 aliphatic rings. The van der Waals surface area contributed by atoms with Gasteiger partial charge >= 0.3 is 5.97 Å². The van der Waals surface area contributed by atoms with Crippen LogP contribution >= 0.6 is 0 Å². The van der Waals surface area contributed by atoms with Crippen molar-refractivity contribution in [2.45, 2.75) is 55.9 Å². The van der Waals surface area contributed by atoms with Crippen molar-refractivity contribution >= 4 is 29.4 Å². The lowest BCUT2D eigenvalue weighted by atomic mass is 9.74. The molecule has 0 aromatic heterocycles. The summed E-state index contributed by atoms with van der Waals surface area (Å²) < 4.78 is 17.5. The van der Waals surface area contributed by atoms with Crippen molar-refractivity contribution in [3.63, 3.8) is 0 Å². The second-order valence-electron chi connectivity index (χ2n) is 12.3. The quantitative estimate of drug-likeness (QED) is 0.255. The van der Waals surface area contributed by atoms with Crippen molar-refractivity contribution in [2.75, 3.05) is 38.3 Å². The molecule has 4 aliphatic heterocycles. The van der Waals surface area contributed by atoms with E-state index in [1.165, 1.54) is 0 Å². The number of hydrogen-bond acceptors (Lipinski definition) is 8. The van der Waals surface area contributed by atoms with Crippen LogP contribution < -0.4 is 15.0 Å². The molecule has 5 bridgehead atoms. The molecule has 0 saturated carbocycles. The Kier molecular flexibility index (Phi) is 9.74. The Morgan fingerprint density at radius 3 is 2.51 bits per heavy atom. The third-order valence-electron chi connectivity index (χ3n) is 9.52. The average Bonchev–Trinajstić information content (AvgIpc) is 3.73. The van der Waals surface area contributed by atoms with E-state index in [9.17, 15) is 24.3 Å². The zero-order valence-electron chi connectivity index (χ0n) is 26.5. The third kappa shape index (κ3) is 6.29. The lowest BCUT2D eigenvalue weighted by Crippen LogP contribution is -2.56. The van der Waals surface area contributed by atoms with Gasteiger partial charge in [-0.25, -0.2) is 0 Å². The molecule has 0 unspecified atom stereocenters. The van der Waals surface area contributed by atoms with Gasteiger partial charge in [0.25, 0.3) is 5.91 Å². The number of amides is 3. The second-order valence-corrected chi connectivity index (χ2v) is 12.3. The van der Waals surface area contributed by atoms with Crippen LogP contribution in [0.3, 0.4) is 0 Å². The van der Waals surface area contributed by atoms with E-state index in [0.29, 0.717) is 37.1 Å². The number of likely N-dealkylation sites (tertiary alicyclic amines) is 1. The first-order valence-corrected chi connectivity index (χ1v) is 16.3.